The number of aryl methyl sites for hydroxylation is 2. The van der Waals surface area contributed by atoms with Gasteiger partial charge in [-0.3, -0.25) is 14.9 Å². The molecule has 2 atom stereocenters. The lowest BCUT2D eigenvalue weighted by Crippen LogP contribution is -2.53. The van der Waals surface area contributed by atoms with Gasteiger partial charge in [-0.2, -0.15) is 0 Å². The molecule has 0 aliphatic carbocycles. The van der Waals surface area contributed by atoms with Crippen molar-refractivity contribution in [2.24, 2.45) is 0 Å². The van der Waals surface area contributed by atoms with Crippen molar-refractivity contribution in [3.8, 4) is 0 Å². The minimum absolute atomic E-state index is 0.126. The Morgan fingerprint density at radius 1 is 1.35 bits per heavy atom. The summed E-state index contributed by atoms with van der Waals surface area (Å²) in [4.78, 5) is 23.9. The SMILES string of the molecule is Cc1sc2c(C)cccc2c1[S+](=O)([O-])N[C@@H]1CCC(=O)NC1=O. The van der Waals surface area contributed by atoms with Crippen molar-refractivity contribution in [3.05, 3.63) is 28.6 Å². The second kappa shape index (κ2) is 5.79. The summed E-state index contributed by atoms with van der Waals surface area (Å²) in [6, 6.07) is 4.60. The third-order valence-electron chi connectivity index (χ3n) is 3.84. The Labute approximate surface area is 138 Å². The van der Waals surface area contributed by atoms with E-state index in [-0.39, 0.29) is 23.6 Å². The van der Waals surface area contributed by atoms with Gasteiger partial charge in [-0.05, 0) is 31.9 Å². The standard InChI is InChI=1S/C15H16N2O4S2/c1-8-4-3-5-10-13(8)22-9(2)14(10)23(20,21)17-11-6-7-12(18)16-15(11)19/h3-5,11H,6-7H2,1-2H3,(H2-,16,17,18,19,20,21)/t11-/m1/s1. The van der Waals surface area contributed by atoms with E-state index in [0.29, 0.717) is 10.3 Å². The van der Waals surface area contributed by atoms with Gasteiger partial charge < -0.3 is 4.55 Å². The number of hydrogen-bond donors (Lipinski definition) is 2. The summed E-state index contributed by atoms with van der Waals surface area (Å²) in [5.41, 5.74) is 1.01. The van der Waals surface area contributed by atoms with Gasteiger partial charge in [0.2, 0.25) is 11.8 Å². The topological polar surface area (TPSA) is 98.3 Å². The fraction of sp³-hybridized carbons (Fsp3) is 0.333. The number of benzene rings is 1. The maximum atomic E-state index is 12.8. The molecule has 2 amide bonds. The minimum atomic E-state index is -3.85. The first-order valence-electron chi connectivity index (χ1n) is 7.14. The number of rotatable bonds is 3. The lowest BCUT2D eigenvalue weighted by Gasteiger charge is -2.24. The normalized spacial score (nSPS) is 21.3. The van der Waals surface area contributed by atoms with Crippen LogP contribution in [-0.2, 0) is 24.2 Å². The molecule has 6 nitrogen and oxygen atoms in total. The van der Waals surface area contributed by atoms with Crippen LogP contribution in [0.3, 0.4) is 0 Å². The van der Waals surface area contributed by atoms with E-state index >= 15 is 0 Å². The largest absolute Gasteiger partial charge is 0.593 e. The summed E-state index contributed by atoms with van der Waals surface area (Å²) in [6.07, 6.45) is 0.297. The molecule has 0 saturated carbocycles. The number of sulfonamides is 1. The van der Waals surface area contributed by atoms with E-state index in [0.717, 1.165) is 10.3 Å². The van der Waals surface area contributed by atoms with Crippen molar-refractivity contribution >= 4 is 43.6 Å². The molecule has 1 saturated heterocycles. The van der Waals surface area contributed by atoms with Crippen molar-refractivity contribution in [3.63, 3.8) is 0 Å². The number of imide groups is 1. The van der Waals surface area contributed by atoms with Gasteiger partial charge in [-0.1, -0.05) is 16.3 Å². The highest BCUT2D eigenvalue weighted by molar-refractivity contribution is 7.96. The van der Waals surface area contributed by atoms with Crippen LogP contribution >= 0.6 is 11.3 Å². The Hall–Kier alpha value is -1.61. The number of thiophene rings is 1. The highest BCUT2D eigenvalue weighted by Gasteiger charge is 2.36. The molecule has 2 heterocycles. The van der Waals surface area contributed by atoms with E-state index in [1.54, 1.807) is 13.0 Å². The average molecular weight is 352 g/mol. The molecule has 1 aromatic carbocycles. The first-order valence-corrected chi connectivity index (χ1v) is 9.44. The zero-order valence-corrected chi connectivity index (χ0v) is 14.3. The Kier molecular flexibility index (Phi) is 4.09. The van der Waals surface area contributed by atoms with Crippen LogP contribution in [0.5, 0.6) is 0 Å². The molecular formula is C15H16N2O4S2. The second-order valence-corrected chi connectivity index (χ2v) is 8.44. The molecule has 1 fully saturated rings. The second-order valence-electron chi connectivity index (χ2n) is 5.56. The van der Waals surface area contributed by atoms with Gasteiger partial charge in [0, 0.05) is 16.5 Å². The third kappa shape index (κ3) is 2.94. The zero-order chi connectivity index (χ0) is 16.8. The maximum Gasteiger partial charge on any atom is 0.248 e. The molecule has 1 aromatic heterocycles. The summed E-state index contributed by atoms with van der Waals surface area (Å²) in [6.45, 7) is 3.69. The minimum Gasteiger partial charge on any atom is -0.593 e. The average Bonchev–Trinajstić information content (AvgIpc) is 2.80. The van der Waals surface area contributed by atoms with E-state index in [4.69, 9.17) is 0 Å². The number of fused-ring (bicyclic) bond motifs is 1. The molecule has 1 aliphatic heterocycles. The van der Waals surface area contributed by atoms with Crippen molar-refractivity contribution < 1.29 is 18.4 Å². The Morgan fingerprint density at radius 2 is 2.09 bits per heavy atom. The first-order chi connectivity index (χ1) is 10.8. The summed E-state index contributed by atoms with van der Waals surface area (Å²) < 4.78 is 28.9. The molecule has 2 N–H and O–H groups in total. The molecule has 0 bridgehead atoms. The Morgan fingerprint density at radius 3 is 2.78 bits per heavy atom. The smallest absolute Gasteiger partial charge is 0.248 e. The summed E-state index contributed by atoms with van der Waals surface area (Å²) in [5.74, 6) is -0.976. The number of nitrogens with one attached hydrogen (secondary N) is 2. The number of amides is 2. The molecular weight excluding hydrogens is 336 g/mol. The van der Waals surface area contributed by atoms with Gasteiger partial charge in [0.15, 0.2) is 15.3 Å². The lowest BCUT2D eigenvalue weighted by molar-refractivity contribution is -0.134. The number of carbonyl (C=O) groups is 2. The fourth-order valence-electron chi connectivity index (χ4n) is 2.74. The van der Waals surface area contributed by atoms with Gasteiger partial charge in [0.1, 0.15) is 6.04 Å². The first kappa shape index (κ1) is 16.3. The van der Waals surface area contributed by atoms with Crippen LogP contribution in [0.15, 0.2) is 23.1 Å². The van der Waals surface area contributed by atoms with E-state index < -0.39 is 22.3 Å². The number of hydrogen-bond acceptors (Lipinski definition) is 5. The summed E-state index contributed by atoms with van der Waals surface area (Å²) in [5, 5.41) is 2.82. The van der Waals surface area contributed by atoms with Crippen molar-refractivity contribution in [1.82, 2.24) is 10.0 Å². The Bertz CT molecular complexity index is 859. The molecule has 0 radical (unpaired) electrons. The van der Waals surface area contributed by atoms with E-state index in [2.05, 4.69) is 10.0 Å². The van der Waals surface area contributed by atoms with E-state index in [9.17, 15) is 18.4 Å². The van der Waals surface area contributed by atoms with E-state index in [1.807, 2.05) is 19.1 Å². The maximum absolute atomic E-state index is 12.8. The number of carbonyl (C=O) groups excluding carboxylic acids is 2. The predicted octanol–water partition coefficient (Wildman–Crippen LogP) is 1.82. The Balaban J connectivity index is 1.99. The highest BCUT2D eigenvalue weighted by atomic mass is 32.3. The molecule has 23 heavy (non-hydrogen) atoms. The monoisotopic (exact) mass is 352 g/mol. The lowest BCUT2D eigenvalue weighted by atomic mass is 10.1. The molecule has 8 heteroatoms. The van der Waals surface area contributed by atoms with E-state index in [1.165, 1.54) is 11.3 Å². The van der Waals surface area contributed by atoms with Crippen molar-refractivity contribution in [2.75, 3.05) is 0 Å². The van der Waals surface area contributed by atoms with Crippen LogP contribution in [0.4, 0.5) is 0 Å². The van der Waals surface area contributed by atoms with Crippen LogP contribution in [0.1, 0.15) is 23.3 Å². The molecule has 3 rings (SSSR count). The summed E-state index contributed by atoms with van der Waals surface area (Å²) in [7, 11) is -3.85. The van der Waals surface area contributed by atoms with Gasteiger partial charge in [-0.15, -0.1) is 16.1 Å². The van der Waals surface area contributed by atoms with Crippen molar-refractivity contribution in [2.45, 2.75) is 37.6 Å². The predicted molar refractivity (Wildman–Crippen MR) is 87.7 cm³/mol. The zero-order valence-electron chi connectivity index (χ0n) is 12.7. The van der Waals surface area contributed by atoms with Gasteiger partial charge in [-0.25, -0.2) is 0 Å². The van der Waals surface area contributed by atoms with Crippen LogP contribution in [0, 0.1) is 13.8 Å². The molecule has 2 aromatic rings. The summed E-state index contributed by atoms with van der Waals surface area (Å²) >= 11 is 1.42. The third-order valence-corrected chi connectivity index (χ3v) is 6.88. The van der Waals surface area contributed by atoms with Crippen LogP contribution < -0.4 is 10.0 Å². The number of piperidine rings is 1. The van der Waals surface area contributed by atoms with Crippen molar-refractivity contribution in [1.29, 1.82) is 0 Å². The fourth-order valence-corrected chi connectivity index (χ4v) is 5.83. The molecule has 122 valence electrons. The van der Waals surface area contributed by atoms with Gasteiger partial charge >= 0.3 is 0 Å². The van der Waals surface area contributed by atoms with Crippen LogP contribution in [0.2, 0.25) is 0 Å². The van der Waals surface area contributed by atoms with Gasteiger partial charge in [0.25, 0.3) is 0 Å². The van der Waals surface area contributed by atoms with Gasteiger partial charge in [0.05, 0.1) is 4.88 Å². The molecule has 0 spiro atoms. The van der Waals surface area contributed by atoms with Crippen LogP contribution in [-0.4, -0.2) is 22.4 Å². The molecule has 1 unspecified atom stereocenters. The molecule has 1 aliphatic rings. The quantitative estimate of drug-likeness (QED) is 0.650. The van der Waals surface area contributed by atoms with Crippen LogP contribution in [0.25, 0.3) is 10.1 Å². The highest BCUT2D eigenvalue weighted by Crippen LogP contribution is 2.37.